The smallest absolute Gasteiger partial charge is 0.239 e. The van der Waals surface area contributed by atoms with Crippen molar-refractivity contribution in [1.82, 2.24) is 5.32 Å². The molecule has 0 saturated carbocycles. The fourth-order valence-electron chi connectivity index (χ4n) is 1.38. The third-order valence-electron chi connectivity index (χ3n) is 2.51. The molecule has 0 heterocycles. The molecule has 0 aromatic heterocycles. The number of likely N-dealkylation sites (N-methyl/N-ethyl adjacent to an activating group) is 1. The van der Waals surface area contributed by atoms with Crippen LogP contribution in [0.1, 0.15) is 20.3 Å². The molecule has 0 fully saturated rings. The summed E-state index contributed by atoms with van der Waals surface area (Å²) in [4.78, 5) is 11.3. The molecule has 0 saturated heterocycles. The summed E-state index contributed by atoms with van der Waals surface area (Å²) in [6.45, 7) is 6.96. The minimum absolute atomic E-state index is 0.272. The molecule has 1 atom stereocenters. The van der Waals surface area contributed by atoms with Crippen LogP contribution in [-0.2, 0) is 19.0 Å². The molecule has 0 aliphatic heterocycles. The third kappa shape index (κ3) is 7.60. The van der Waals surface area contributed by atoms with Gasteiger partial charge in [0.25, 0.3) is 0 Å². The highest BCUT2D eigenvalue weighted by Crippen LogP contribution is 2.03. The standard InChI is InChI=1S/C12H26N2O4/c1-4-14-12(2,11(13)15)10-18-7-5-6-17-9-8-16-3/h14H,4-10H2,1-3H3,(H2,13,15). The van der Waals surface area contributed by atoms with Crippen molar-refractivity contribution in [3.05, 3.63) is 0 Å². The Balaban J connectivity index is 3.59. The van der Waals surface area contributed by atoms with Gasteiger partial charge < -0.3 is 25.3 Å². The Bertz CT molecular complexity index is 226. The Kier molecular flexibility index (Phi) is 9.86. The van der Waals surface area contributed by atoms with Crippen molar-refractivity contribution in [1.29, 1.82) is 0 Å². The van der Waals surface area contributed by atoms with E-state index < -0.39 is 11.4 Å². The largest absolute Gasteiger partial charge is 0.382 e. The SMILES string of the molecule is CCNC(C)(COCCCOCCOC)C(N)=O. The van der Waals surface area contributed by atoms with E-state index >= 15 is 0 Å². The average Bonchev–Trinajstić information content (AvgIpc) is 2.33. The second-order valence-corrected chi connectivity index (χ2v) is 4.24. The molecule has 0 aromatic rings. The maximum absolute atomic E-state index is 11.3. The Morgan fingerprint density at radius 2 is 1.89 bits per heavy atom. The highest BCUT2D eigenvalue weighted by atomic mass is 16.5. The summed E-state index contributed by atoms with van der Waals surface area (Å²) in [6, 6.07) is 0. The lowest BCUT2D eigenvalue weighted by Gasteiger charge is -2.26. The maximum atomic E-state index is 11.3. The lowest BCUT2D eigenvalue weighted by Crippen LogP contribution is -2.56. The minimum atomic E-state index is -0.800. The number of ether oxygens (including phenoxy) is 3. The topological polar surface area (TPSA) is 82.8 Å². The van der Waals surface area contributed by atoms with Gasteiger partial charge in [-0.25, -0.2) is 0 Å². The van der Waals surface area contributed by atoms with Crippen LogP contribution in [0.15, 0.2) is 0 Å². The predicted molar refractivity (Wildman–Crippen MR) is 69.4 cm³/mol. The number of rotatable bonds is 12. The van der Waals surface area contributed by atoms with E-state index in [0.29, 0.717) is 33.0 Å². The summed E-state index contributed by atoms with van der Waals surface area (Å²) < 4.78 is 15.6. The Labute approximate surface area is 109 Å². The molecule has 0 aliphatic carbocycles. The predicted octanol–water partition coefficient (Wildman–Crippen LogP) is -0.0904. The fourth-order valence-corrected chi connectivity index (χ4v) is 1.38. The van der Waals surface area contributed by atoms with Gasteiger partial charge in [-0.2, -0.15) is 0 Å². The molecule has 1 unspecified atom stereocenters. The first-order valence-corrected chi connectivity index (χ1v) is 6.26. The van der Waals surface area contributed by atoms with Crippen molar-refractivity contribution in [2.24, 2.45) is 5.73 Å². The number of hydrogen-bond acceptors (Lipinski definition) is 5. The van der Waals surface area contributed by atoms with Gasteiger partial charge in [-0.3, -0.25) is 4.79 Å². The highest BCUT2D eigenvalue weighted by molar-refractivity contribution is 5.84. The Morgan fingerprint density at radius 3 is 2.44 bits per heavy atom. The fraction of sp³-hybridized carbons (Fsp3) is 0.917. The first kappa shape index (κ1) is 17.3. The first-order chi connectivity index (χ1) is 8.56. The summed E-state index contributed by atoms with van der Waals surface area (Å²) >= 11 is 0. The zero-order valence-corrected chi connectivity index (χ0v) is 11.7. The summed E-state index contributed by atoms with van der Waals surface area (Å²) in [6.07, 6.45) is 0.782. The molecular formula is C12H26N2O4. The van der Waals surface area contributed by atoms with Crippen LogP contribution < -0.4 is 11.1 Å². The first-order valence-electron chi connectivity index (χ1n) is 6.26. The van der Waals surface area contributed by atoms with E-state index in [9.17, 15) is 4.79 Å². The van der Waals surface area contributed by atoms with Crippen molar-refractivity contribution in [3.63, 3.8) is 0 Å². The van der Waals surface area contributed by atoms with Gasteiger partial charge in [0.1, 0.15) is 5.54 Å². The van der Waals surface area contributed by atoms with E-state index in [1.54, 1.807) is 14.0 Å². The van der Waals surface area contributed by atoms with Crippen LogP contribution in [0.4, 0.5) is 0 Å². The number of carbonyl (C=O) groups excluding carboxylic acids is 1. The molecule has 0 spiro atoms. The monoisotopic (exact) mass is 262 g/mol. The maximum Gasteiger partial charge on any atom is 0.239 e. The third-order valence-corrected chi connectivity index (χ3v) is 2.51. The van der Waals surface area contributed by atoms with Crippen LogP contribution >= 0.6 is 0 Å². The second kappa shape index (κ2) is 10.3. The molecule has 18 heavy (non-hydrogen) atoms. The Hall–Kier alpha value is -0.690. The molecule has 1 amide bonds. The summed E-state index contributed by atoms with van der Waals surface area (Å²) in [5, 5.41) is 3.03. The van der Waals surface area contributed by atoms with Gasteiger partial charge in [0.15, 0.2) is 0 Å². The quantitative estimate of drug-likeness (QED) is 0.480. The van der Waals surface area contributed by atoms with E-state index in [1.165, 1.54) is 0 Å². The molecular weight excluding hydrogens is 236 g/mol. The number of methoxy groups -OCH3 is 1. The van der Waals surface area contributed by atoms with E-state index in [2.05, 4.69) is 5.32 Å². The van der Waals surface area contributed by atoms with Crippen molar-refractivity contribution < 1.29 is 19.0 Å². The number of amides is 1. The van der Waals surface area contributed by atoms with Crippen molar-refractivity contribution in [2.75, 3.05) is 46.7 Å². The molecule has 108 valence electrons. The van der Waals surface area contributed by atoms with E-state index in [0.717, 1.165) is 6.42 Å². The van der Waals surface area contributed by atoms with Gasteiger partial charge in [0, 0.05) is 20.3 Å². The number of nitrogens with two attached hydrogens (primary N) is 1. The normalized spacial score (nSPS) is 14.4. The van der Waals surface area contributed by atoms with Crippen LogP contribution in [0.2, 0.25) is 0 Å². The lowest BCUT2D eigenvalue weighted by atomic mass is 10.0. The van der Waals surface area contributed by atoms with Crippen molar-refractivity contribution >= 4 is 5.91 Å². The lowest BCUT2D eigenvalue weighted by molar-refractivity contribution is -0.126. The summed E-state index contributed by atoms with van der Waals surface area (Å²) in [7, 11) is 1.64. The van der Waals surface area contributed by atoms with Crippen molar-refractivity contribution in [3.8, 4) is 0 Å². The summed E-state index contributed by atoms with van der Waals surface area (Å²) in [5.41, 5.74) is 4.53. The van der Waals surface area contributed by atoms with E-state index in [1.807, 2.05) is 6.92 Å². The van der Waals surface area contributed by atoms with Gasteiger partial charge in [-0.1, -0.05) is 6.92 Å². The zero-order valence-electron chi connectivity index (χ0n) is 11.7. The van der Waals surface area contributed by atoms with Gasteiger partial charge in [-0.05, 0) is 19.9 Å². The molecule has 0 rings (SSSR count). The highest BCUT2D eigenvalue weighted by Gasteiger charge is 2.29. The molecule has 0 radical (unpaired) electrons. The van der Waals surface area contributed by atoms with Crippen LogP contribution in [-0.4, -0.2) is 58.1 Å². The molecule has 6 nitrogen and oxygen atoms in total. The number of hydrogen-bond donors (Lipinski definition) is 2. The molecule has 0 bridgehead atoms. The average molecular weight is 262 g/mol. The molecule has 3 N–H and O–H groups in total. The second-order valence-electron chi connectivity index (χ2n) is 4.24. The number of nitrogens with one attached hydrogen (secondary N) is 1. The van der Waals surface area contributed by atoms with Crippen LogP contribution in [0.5, 0.6) is 0 Å². The van der Waals surface area contributed by atoms with Crippen molar-refractivity contribution in [2.45, 2.75) is 25.8 Å². The van der Waals surface area contributed by atoms with Gasteiger partial charge in [0.05, 0.1) is 19.8 Å². The molecule has 6 heteroatoms. The summed E-state index contributed by atoms with van der Waals surface area (Å²) in [5.74, 6) is -0.402. The number of carbonyl (C=O) groups is 1. The van der Waals surface area contributed by atoms with Gasteiger partial charge in [0.2, 0.25) is 5.91 Å². The zero-order chi connectivity index (χ0) is 13.9. The van der Waals surface area contributed by atoms with Gasteiger partial charge in [-0.15, -0.1) is 0 Å². The van der Waals surface area contributed by atoms with Crippen LogP contribution in [0.3, 0.4) is 0 Å². The van der Waals surface area contributed by atoms with Gasteiger partial charge >= 0.3 is 0 Å². The Morgan fingerprint density at radius 1 is 1.22 bits per heavy atom. The molecule has 0 aromatic carbocycles. The van der Waals surface area contributed by atoms with Crippen LogP contribution in [0.25, 0.3) is 0 Å². The van der Waals surface area contributed by atoms with E-state index in [4.69, 9.17) is 19.9 Å². The van der Waals surface area contributed by atoms with Crippen LogP contribution in [0, 0.1) is 0 Å². The van der Waals surface area contributed by atoms with E-state index in [-0.39, 0.29) is 6.61 Å². The minimum Gasteiger partial charge on any atom is -0.382 e. The molecule has 0 aliphatic rings. The number of primary amides is 1.